The van der Waals surface area contributed by atoms with Gasteiger partial charge < -0.3 is 9.64 Å². The van der Waals surface area contributed by atoms with Gasteiger partial charge in [0.25, 0.3) is 0 Å². The van der Waals surface area contributed by atoms with Gasteiger partial charge in [0, 0.05) is 19.0 Å². The average molecular weight is 275 g/mol. The Labute approximate surface area is 119 Å². The molecule has 2 aromatic rings. The summed E-state index contributed by atoms with van der Waals surface area (Å²) in [7, 11) is 5.91. The standard InChI is InChI=1S/C16H21NOS/c1-12-11-15(19-16(12)17(2)3)10-7-13-5-8-14(18-4)9-6-13/h5-6,8-9,11H,7,10H2,1-4H3. The zero-order chi connectivity index (χ0) is 13.8. The molecule has 0 N–H and O–H groups in total. The smallest absolute Gasteiger partial charge is 0.118 e. The first-order chi connectivity index (χ1) is 9.10. The molecule has 0 bridgehead atoms. The maximum atomic E-state index is 5.17. The Morgan fingerprint density at radius 3 is 2.32 bits per heavy atom. The van der Waals surface area contributed by atoms with Crippen molar-refractivity contribution >= 4 is 16.3 Å². The maximum absolute atomic E-state index is 5.17. The number of ether oxygens (including phenoxy) is 1. The van der Waals surface area contributed by atoms with E-state index in [-0.39, 0.29) is 0 Å². The Hall–Kier alpha value is -1.48. The Morgan fingerprint density at radius 1 is 1.11 bits per heavy atom. The predicted octanol–water partition coefficient (Wildman–Crippen LogP) is 3.92. The topological polar surface area (TPSA) is 12.5 Å². The van der Waals surface area contributed by atoms with Gasteiger partial charge in [-0.2, -0.15) is 0 Å². The van der Waals surface area contributed by atoms with Crippen LogP contribution in [0.1, 0.15) is 16.0 Å². The molecule has 2 rings (SSSR count). The minimum absolute atomic E-state index is 0.922. The fourth-order valence-corrected chi connectivity index (χ4v) is 3.25. The third-order valence-corrected chi connectivity index (χ3v) is 4.63. The Bertz CT molecular complexity index is 528. The van der Waals surface area contributed by atoms with Crippen LogP contribution in [-0.2, 0) is 12.8 Å². The Morgan fingerprint density at radius 2 is 1.79 bits per heavy atom. The molecule has 1 aromatic carbocycles. The van der Waals surface area contributed by atoms with Crippen molar-refractivity contribution in [2.45, 2.75) is 19.8 Å². The highest BCUT2D eigenvalue weighted by Gasteiger charge is 2.07. The number of benzene rings is 1. The van der Waals surface area contributed by atoms with Gasteiger partial charge in [-0.25, -0.2) is 0 Å². The number of methoxy groups -OCH3 is 1. The van der Waals surface area contributed by atoms with Crippen LogP contribution in [0.25, 0.3) is 0 Å². The summed E-state index contributed by atoms with van der Waals surface area (Å²) in [6.45, 7) is 2.18. The molecule has 2 nitrogen and oxygen atoms in total. The van der Waals surface area contributed by atoms with Crippen molar-refractivity contribution in [3.63, 3.8) is 0 Å². The van der Waals surface area contributed by atoms with Crippen molar-refractivity contribution in [2.75, 3.05) is 26.1 Å². The lowest BCUT2D eigenvalue weighted by atomic mass is 10.1. The number of hydrogen-bond acceptors (Lipinski definition) is 3. The largest absolute Gasteiger partial charge is 0.497 e. The molecule has 19 heavy (non-hydrogen) atoms. The Kier molecular flexibility index (Phi) is 4.48. The molecule has 0 fully saturated rings. The minimum atomic E-state index is 0.922. The number of thiophene rings is 1. The van der Waals surface area contributed by atoms with Crippen LogP contribution in [0.2, 0.25) is 0 Å². The van der Waals surface area contributed by atoms with Crippen LogP contribution in [-0.4, -0.2) is 21.2 Å². The predicted molar refractivity (Wildman–Crippen MR) is 83.8 cm³/mol. The molecule has 0 unspecified atom stereocenters. The minimum Gasteiger partial charge on any atom is -0.497 e. The summed E-state index contributed by atoms with van der Waals surface area (Å²) in [5.41, 5.74) is 2.73. The summed E-state index contributed by atoms with van der Waals surface area (Å²) in [5, 5.41) is 1.37. The monoisotopic (exact) mass is 275 g/mol. The van der Waals surface area contributed by atoms with Crippen LogP contribution in [0.3, 0.4) is 0 Å². The molecule has 0 aliphatic carbocycles. The van der Waals surface area contributed by atoms with E-state index in [1.54, 1.807) is 7.11 Å². The number of rotatable bonds is 5. The second-order valence-electron chi connectivity index (χ2n) is 4.94. The third-order valence-electron chi connectivity index (χ3n) is 3.17. The van der Waals surface area contributed by atoms with E-state index in [0.29, 0.717) is 0 Å². The summed E-state index contributed by atoms with van der Waals surface area (Å²) >= 11 is 1.90. The summed E-state index contributed by atoms with van der Waals surface area (Å²) in [4.78, 5) is 3.65. The summed E-state index contributed by atoms with van der Waals surface area (Å²) < 4.78 is 5.17. The number of nitrogens with zero attached hydrogens (tertiary/aromatic N) is 1. The van der Waals surface area contributed by atoms with Gasteiger partial charge in [0.2, 0.25) is 0 Å². The van der Waals surface area contributed by atoms with Crippen LogP contribution < -0.4 is 9.64 Å². The zero-order valence-electron chi connectivity index (χ0n) is 12.1. The van der Waals surface area contributed by atoms with Gasteiger partial charge in [0.1, 0.15) is 5.75 Å². The van der Waals surface area contributed by atoms with E-state index in [0.717, 1.165) is 18.6 Å². The lowest BCUT2D eigenvalue weighted by molar-refractivity contribution is 0.414. The van der Waals surface area contributed by atoms with Gasteiger partial charge in [-0.15, -0.1) is 11.3 Å². The molecule has 0 radical (unpaired) electrons. The molecule has 0 aliphatic heterocycles. The molecule has 0 amide bonds. The average Bonchev–Trinajstić information content (AvgIpc) is 2.78. The van der Waals surface area contributed by atoms with E-state index in [1.807, 2.05) is 23.5 Å². The quantitative estimate of drug-likeness (QED) is 0.820. The summed E-state index contributed by atoms with van der Waals surface area (Å²) in [6, 6.07) is 10.7. The van der Waals surface area contributed by atoms with Crippen molar-refractivity contribution < 1.29 is 4.74 Å². The molecular weight excluding hydrogens is 254 g/mol. The maximum Gasteiger partial charge on any atom is 0.118 e. The highest BCUT2D eigenvalue weighted by molar-refractivity contribution is 7.16. The molecule has 3 heteroatoms. The van der Waals surface area contributed by atoms with Gasteiger partial charge >= 0.3 is 0 Å². The van der Waals surface area contributed by atoms with Crippen molar-refractivity contribution in [3.05, 3.63) is 46.3 Å². The molecule has 0 saturated carbocycles. The van der Waals surface area contributed by atoms with E-state index < -0.39 is 0 Å². The van der Waals surface area contributed by atoms with Crippen LogP contribution in [0.4, 0.5) is 5.00 Å². The normalized spacial score (nSPS) is 10.5. The highest BCUT2D eigenvalue weighted by Crippen LogP contribution is 2.30. The van der Waals surface area contributed by atoms with Gasteiger partial charge in [0.15, 0.2) is 0 Å². The first kappa shape index (κ1) is 13.9. The fraction of sp³-hybridized carbons (Fsp3) is 0.375. The van der Waals surface area contributed by atoms with E-state index in [2.05, 4.69) is 44.1 Å². The van der Waals surface area contributed by atoms with E-state index >= 15 is 0 Å². The second kappa shape index (κ2) is 6.11. The van der Waals surface area contributed by atoms with Crippen molar-refractivity contribution in [2.24, 2.45) is 0 Å². The lowest BCUT2D eigenvalue weighted by Crippen LogP contribution is -2.07. The molecule has 0 spiro atoms. The van der Waals surface area contributed by atoms with Crippen molar-refractivity contribution in [3.8, 4) is 5.75 Å². The summed E-state index contributed by atoms with van der Waals surface area (Å²) in [5.74, 6) is 0.922. The molecule has 102 valence electrons. The van der Waals surface area contributed by atoms with Crippen LogP contribution in [0, 0.1) is 6.92 Å². The first-order valence-electron chi connectivity index (χ1n) is 6.49. The number of hydrogen-bond donors (Lipinski definition) is 0. The lowest BCUT2D eigenvalue weighted by Gasteiger charge is -2.09. The van der Waals surface area contributed by atoms with Crippen LogP contribution in [0.5, 0.6) is 5.75 Å². The molecule has 1 aromatic heterocycles. The molecule has 0 saturated heterocycles. The van der Waals surface area contributed by atoms with Gasteiger partial charge in [-0.3, -0.25) is 0 Å². The summed E-state index contributed by atoms with van der Waals surface area (Å²) in [6.07, 6.45) is 2.18. The van der Waals surface area contributed by atoms with E-state index in [1.165, 1.54) is 21.0 Å². The van der Waals surface area contributed by atoms with Crippen LogP contribution >= 0.6 is 11.3 Å². The second-order valence-corrected chi connectivity index (χ2v) is 6.06. The SMILES string of the molecule is COc1ccc(CCc2cc(C)c(N(C)C)s2)cc1. The van der Waals surface area contributed by atoms with Crippen molar-refractivity contribution in [1.29, 1.82) is 0 Å². The molecule has 1 heterocycles. The Balaban J connectivity index is 1.99. The van der Waals surface area contributed by atoms with Gasteiger partial charge in [0.05, 0.1) is 12.1 Å². The van der Waals surface area contributed by atoms with Crippen LogP contribution in [0.15, 0.2) is 30.3 Å². The zero-order valence-corrected chi connectivity index (χ0v) is 12.9. The third kappa shape index (κ3) is 3.51. The van der Waals surface area contributed by atoms with Gasteiger partial charge in [-0.05, 0) is 49.1 Å². The molecular formula is C16H21NOS. The van der Waals surface area contributed by atoms with E-state index in [9.17, 15) is 0 Å². The highest BCUT2D eigenvalue weighted by atomic mass is 32.1. The fourth-order valence-electron chi connectivity index (χ4n) is 2.16. The first-order valence-corrected chi connectivity index (χ1v) is 7.31. The molecule has 0 aliphatic rings. The van der Waals surface area contributed by atoms with E-state index in [4.69, 9.17) is 4.74 Å². The van der Waals surface area contributed by atoms with Crippen molar-refractivity contribution in [1.82, 2.24) is 0 Å². The van der Waals surface area contributed by atoms with Gasteiger partial charge in [-0.1, -0.05) is 12.1 Å². The number of anilines is 1. The molecule has 0 atom stereocenters. The number of aryl methyl sites for hydroxylation is 3.